The molecule has 0 saturated carbocycles. The van der Waals surface area contributed by atoms with Crippen molar-refractivity contribution in [1.29, 1.82) is 0 Å². The number of aromatic nitrogens is 2. The Morgan fingerprint density at radius 3 is 2.67 bits per heavy atom. The first-order chi connectivity index (χ1) is 5.50. The number of carbonyl (C=O) groups is 1. The Kier molecular flexibility index (Phi) is 2.03. The van der Waals surface area contributed by atoms with Crippen molar-refractivity contribution in [2.45, 2.75) is 6.18 Å². The van der Waals surface area contributed by atoms with Crippen LogP contribution in [0, 0.1) is 0 Å². The Labute approximate surface area is 64.8 Å². The minimum atomic E-state index is -4.86. The summed E-state index contributed by atoms with van der Waals surface area (Å²) in [6.07, 6.45) is -2.65. The number of hydrogen-bond acceptors (Lipinski definition) is 2. The van der Waals surface area contributed by atoms with Gasteiger partial charge in [-0.2, -0.15) is 18.3 Å². The van der Waals surface area contributed by atoms with Crippen LogP contribution in [0.3, 0.4) is 0 Å². The van der Waals surface area contributed by atoms with E-state index in [0.717, 1.165) is 12.4 Å². The lowest BCUT2D eigenvalue weighted by molar-refractivity contribution is -0.167. The van der Waals surface area contributed by atoms with Crippen molar-refractivity contribution in [2.75, 3.05) is 5.32 Å². The Bertz CT molecular complexity index is 266. The maximum atomic E-state index is 11.6. The summed E-state index contributed by atoms with van der Waals surface area (Å²) >= 11 is 0. The number of aromatic amines is 1. The van der Waals surface area contributed by atoms with Crippen molar-refractivity contribution in [1.82, 2.24) is 10.2 Å². The average Bonchev–Trinajstić information content (AvgIpc) is 2.37. The van der Waals surface area contributed by atoms with E-state index in [1.165, 1.54) is 0 Å². The number of anilines is 1. The van der Waals surface area contributed by atoms with Crippen LogP contribution >= 0.6 is 0 Å². The van der Waals surface area contributed by atoms with Crippen molar-refractivity contribution in [2.24, 2.45) is 0 Å². The first-order valence-corrected chi connectivity index (χ1v) is 2.87. The van der Waals surface area contributed by atoms with E-state index in [9.17, 15) is 18.0 Å². The molecule has 0 spiro atoms. The Balaban J connectivity index is 2.60. The van der Waals surface area contributed by atoms with Gasteiger partial charge in [0.2, 0.25) is 0 Å². The van der Waals surface area contributed by atoms with Gasteiger partial charge in [0.15, 0.2) is 0 Å². The highest BCUT2D eigenvalue weighted by Gasteiger charge is 2.38. The van der Waals surface area contributed by atoms with E-state index in [2.05, 4.69) is 10.2 Å². The molecule has 0 fully saturated rings. The molecule has 66 valence electrons. The molecule has 1 amide bonds. The van der Waals surface area contributed by atoms with Gasteiger partial charge in [0.25, 0.3) is 0 Å². The smallest absolute Gasteiger partial charge is 0.316 e. The fourth-order valence-electron chi connectivity index (χ4n) is 0.521. The third-order valence-corrected chi connectivity index (χ3v) is 1.01. The Morgan fingerprint density at radius 2 is 2.25 bits per heavy atom. The molecule has 0 aromatic carbocycles. The van der Waals surface area contributed by atoms with Crippen molar-refractivity contribution in [3.63, 3.8) is 0 Å². The lowest BCUT2D eigenvalue weighted by Gasteiger charge is -2.04. The van der Waals surface area contributed by atoms with Crippen LogP contribution in [0.2, 0.25) is 0 Å². The van der Waals surface area contributed by atoms with Gasteiger partial charge in [0.1, 0.15) is 0 Å². The summed E-state index contributed by atoms with van der Waals surface area (Å²) in [7, 11) is 0. The number of nitrogens with one attached hydrogen (secondary N) is 2. The fraction of sp³-hybridized carbons (Fsp3) is 0.200. The molecular weight excluding hydrogens is 175 g/mol. The highest BCUT2D eigenvalue weighted by Crippen LogP contribution is 2.17. The van der Waals surface area contributed by atoms with E-state index in [1.807, 2.05) is 0 Å². The van der Waals surface area contributed by atoms with Gasteiger partial charge in [0, 0.05) is 6.20 Å². The zero-order chi connectivity index (χ0) is 9.19. The number of nitrogens with zero attached hydrogens (tertiary/aromatic N) is 1. The summed E-state index contributed by atoms with van der Waals surface area (Å²) in [4.78, 5) is 10.3. The van der Waals surface area contributed by atoms with Crippen molar-refractivity contribution in [3.05, 3.63) is 12.4 Å². The molecule has 0 atom stereocenters. The Hall–Kier alpha value is -1.53. The van der Waals surface area contributed by atoms with Gasteiger partial charge in [0.05, 0.1) is 11.9 Å². The second-order valence-electron chi connectivity index (χ2n) is 1.94. The van der Waals surface area contributed by atoms with Gasteiger partial charge >= 0.3 is 12.1 Å². The summed E-state index contributed by atoms with van der Waals surface area (Å²) in [6, 6.07) is 0. The highest BCUT2D eigenvalue weighted by molar-refractivity contribution is 5.94. The number of carbonyl (C=O) groups excluding carboxylic acids is 1. The normalized spacial score (nSPS) is 11.2. The summed E-state index contributed by atoms with van der Waals surface area (Å²) in [5.74, 6) is -2.01. The van der Waals surface area contributed by atoms with Gasteiger partial charge < -0.3 is 5.32 Å². The molecule has 1 heterocycles. The van der Waals surface area contributed by atoms with Gasteiger partial charge in [-0.05, 0) is 0 Å². The standard InChI is InChI=1S/C5H4F3N3O/c6-5(7,8)4(12)11-3-1-9-10-2-3/h1-2H,(H,9,10)(H,11,12). The molecule has 0 unspecified atom stereocenters. The van der Waals surface area contributed by atoms with Crippen molar-refractivity contribution < 1.29 is 18.0 Å². The van der Waals surface area contributed by atoms with Gasteiger partial charge in [-0.1, -0.05) is 0 Å². The second kappa shape index (κ2) is 2.84. The van der Waals surface area contributed by atoms with Crippen LogP contribution in [0.1, 0.15) is 0 Å². The van der Waals surface area contributed by atoms with E-state index < -0.39 is 12.1 Å². The quantitative estimate of drug-likeness (QED) is 0.673. The summed E-state index contributed by atoms with van der Waals surface area (Å²) < 4.78 is 34.8. The number of H-pyrrole nitrogens is 1. The number of rotatable bonds is 1. The maximum Gasteiger partial charge on any atom is 0.471 e. The molecule has 2 N–H and O–H groups in total. The highest BCUT2D eigenvalue weighted by atomic mass is 19.4. The molecule has 0 saturated heterocycles. The van der Waals surface area contributed by atoms with E-state index in [0.29, 0.717) is 0 Å². The SMILES string of the molecule is O=C(Nc1cn[nH]c1)C(F)(F)F. The third kappa shape index (κ3) is 1.97. The number of halogens is 3. The minimum Gasteiger partial charge on any atom is -0.316 e. The summed E-state index contributed by atoms with van der Waals surface area (Å²) in [5, 5.41) is 7.21. The molecule has 12 heavy (non-hydrogen) atoms. The number of amides is 1. The molecule has 1 aromatic rings. The lowest BCUT2D eigenvalue weighted by Crippen LogP contribution is -2.29. The van der Waals surface area contributed by atoms with Crippen LogP contribution in [-0.2, 0) is 4.79 Å². The van der Waals surface area contributed by atoms with Crippen molar-refractivity contribution >= 4 is 11.6 Å². The minimum absolute atomic E-state index is 0.0164. The molecule has 0 aliphatic heterocycles. The number of hydrogen-bond donors (Lipinski definition) is 2. The third-order valence-electron chi connectivity index (χ3n) is 1.01. The lowest BCUT2D eigenvalue weighted by atomic mass is 10.5. The van der Waals surface area contributed by atoms with Gasteiger partial charge in [-0.25, -0.2) is 0 Å². The van der Waals surface area contributed by atoms with Crippen LogP contribution in [0.5, 0.6) is 0 Å². The molecule has 1 rings (SSSR count). The predicted octanol–water partition coefficient (Wildman–Crippen LogP) is 0.911. The second-order valence-corrected chi connectivity index (χ2v) is 1.94. The average molecular weight is 179 g/mol. The topological polar surface area (TPSA) is 57.8 Å². The summed E-state index contributed by atoms with van der Waals surface area (Å²) in [6.45, 7) is 0. The van der Waals surface area contributed by atoms with E-state index in [-0.39, 0.29) is 5.69 Å². The van der Waals surface area contributed by atoms with Gasteiger partial charge in [-0.3, -0.25) is 9.89 Å². The molecule has 0 bridgehead atoms. The molecule has 0 aliphatic carbocycles. The van der Waals surface area contributed by atoms with Crippen LogP contribution in [0.4, 0.5) is 18.9 Å². The molecule has 4 nitrogen and oxygen atoms in total. The molecular formula is C5H4F3N3O. The van der Waals surface area contributed by atoms with Crippen LogP contribution in [-0.4, -0.2) is 22.3 Å². The predicted molar refractivity (Wildman–Crippen MR) is 33.3 cm³/mol. The van der Waals surface area contributed by atoms with Crippen LogP contribution < -0.4 is 5.32 Å². The monoisotopic (exact) mass is 179 g/mol. The van der Waals surface area contributed by atoms with Crippen molar-refractivity contribution in [3.8, 4) is 0 Å². The molecule has 0 aliphatic rings. The first kappa shape index (κ1) is 8.57. The maximum absolute atomic E-state index is 11.6. The van der Waals surface area contributed by atoms with Crippen LogP contribution in [0.15, 0.2) is 12.4 Å². The van der Waals surface area contributed by atoms with E-state index >= 15 is 0 Å². The Morgan fingerprint density at radius 1 is 1.58 bits per heavy atom. The van der Waals surface area contributed by atoms with Crippen LogP contribution in [0.25, 0.3) is 0 Å². The zero-order valence-electron chi connectivity index (χ0n) is 5.64. The first-order valence-electron chi connectivity index (χ1n) is 2.87. The largest absolute Gasteiger partial charge is 0.471 e. The molecule has 7 heteroatoms. The van der Waals surface area contributed by atoms with E-state index in [4.69, 9.17) is 0 Å². The molecule has 0 radical (unpaired) electrons. The van der Waals surface area contributed by atoms with E-state index in [1.54, 1.807) is 5.32 Å². The zero-order valence-corrected chi connectivity index (χ0v) is 5.64. The summed E-state index contributed by atoms with van der Waals surface area (Å²) in [5.41, 5.74) is -0.0164. The molecule has 1 aromatic heterocycles. The van der Waals surface area contributed by atoms with Gasteiger partial charge in [-0.15, -0.1) is 0 Å². The fourth-order valence-corrected chi connectivity index (χ4v) is 0.521. The number of alkyl halides is 3.